The average molecular weight is 389 g/mol. The van der Waals surface area contributed by atoms with E-state index in [9.17, 15) is 14.0 Å². The minimum atomic E-state index is -0.519. The van der Waals surface area contributed by atoms with E-state index < -0.39 is 11.5 Å². The molecule has 8 heteroatoms. The van der Waals surface area contributed by atoms with E-state index >= 15 is 0 Å². The van der Waals surface area contributed by atoms with Gasteiger partial charge in [0.15, 0.2) is 0 Å². The minimum absolute atomic E-state index is 0.00867. The maximum absolute atomic E-state index is 13.7. The lowest BCUT2D eigenvalue weighted by Crippen LogP contribution is -2.29. The van der Waals surface area contributed by atoms with Gasteiger partial charge in [-0.2, -0.15) is 0 Å². The number of H-pyrrole nitrogens is 2. The summed E-state index contributed by atoms with van der Waals surface area (Å²) < 4.78 is 13.7. The van der Waals surface area contributed by atoms with Crippen molar-refractivity contribution < 1.29 is 9.18 Å². The fraction of sp³-hybridized carbons (Fsp3) is 0.0476. The van der Waals surface area contributed by atoms with Crippen LogP contribution in [0.5, 0.6) is 0 Å². The van der Waals surface area contributed by atoms with Crippen molar-refractivity contribution in [2.24, 2.45) is 0 Å². The molecule has 1 aromatic carbocycles. The van der Waals surface area contributed by atoms with E-state index in [4.69, 9.17) is 0 Å². The molecule has 29 heavy (non-hydrogen) atoms. The molecule has 0 fully saturated rings. The number of hydrogen-bond donors (Lipinski definition) is 3. The monoisotopic (exact) mass is 389 g/mol. The predicted molar refractivity (Wildman–Crippen MR) is 105 cm³/mol. The summed E-state index contributed by atoms with van der Waals surface area (Å²) in [4.78, 5) is 38.5. The zero-order valence-corrected chi connectivity index (χ0v) is 15.1. The van der Waals surface area contributed by atoms with Crippen molar-refractivity contribution in [2.75, 3.05) is 0 Å². The molecule has 0 saturated heterocycles. The Balaban J connectivity index is 1.66. The molecule has 3 heterocycles. The van der Waals surface area contributed by atoms with Gasteiger partial charge in [0.25, 0.3) is 11.5 Å². The summed E-state index contributed by atoms with van der Waals surface area (Å²) in [5, 5.41) is 2.66. The van der Waals surface area contributed by atoms with Crippen LogP contribution in [0.15, 0.2) is 71.8 Å². The topological polar surface area (TPSA) is 104 Å². The number of carbonyl (C=O) groups is 1. The molecule has 0 aliphatic heterocycles. The highest BCUT2D eigenvalue weighted by molar-refractivity contribution is 5.93. The summed E-state index contributed by atoms with van der Waals surface area (Å²) >= 11 is 0. The van der Waals surface area contributed by atoms with Crippen molar-refractivity contribution in [3.63, 3.8) is 0 Å². The summed E-state index contributed by atoms with van der Waals surface area (Å²) in [6.45, 7) is 0.0579. The van der Waals surface area contributed by atoms with Crippen molar-refractivity contribution in [3.8, 4) is 22.6 Å². The first-order chi connectivity index (χ1) is 14.1. The number of carbonyl (C=O) groups excluding carboxylic acids is 1. The highest BCUT2D eigenvalue weighted by atomic mass is 19.1. The predicted octanol–water partition coefficient (Wildman–Crippen LogP) is 2.90. The zero-order chi connectivity index (χ0) is 20.2. The molecule has 0 radical (unpaired) electrons. The lowest BCUT2D eigenvalue weighted by molar-refractivity contribution is 0.0948. The number of halogens is 1. The molecular formula is C21H16FN5O2. The first-order valence-electron chi connectivity index (χ1n) is 8.84. The number of nitrogens with one attached hydrogen (secondary N) is 3. The van der Waals surface area contributed by atoms with E-state index in [-0.39, 0.29) is 17.9 Å². The van der Waals surface area contributed by atoms with Gasteiger partial charge in [-0.15, -0.1) is 0 Å². The Hall–Kier alpha value is -4.07. The Morgan fingerprint density at radius 2 is 2.00 bits per heavy atom. The lowest BCUT2D eigenvalue weighted by Gasteiger charge is -2.02. The lowest BCUT2D eigenvalue weighted by atomic mass is 10.1. The first-order valence-corrected chi connectivity index (χ1v) is 8.84. The maximum atomic E-state index is 13.7. The molecule has 0 bridgehead atoms. The Labute approximate surface area is 164 Å². The number of benzene rings is 1. The Kier molecular flexibility index (Phi) is 4.98. The molecule has 0 spiro atoms. The summed E-state index contributed by atoms with van der Waals surface area (Å²) in [6, 6.07) is 14.5. The molecule has 7 nitrogen and oxygen atoms in total. The molecule has 0 atom stereocenters. The zero-order valence-electron chi connectivity index (χ0n) is 15.1. The second-order valence-electron chi connectivity index (χ2n) is 6.23. The molecule has 1 amide bonds. The highest BCUT2D eigenvalue weighted by Crippen LogP contribution is 2.29. The van der Waals surface area contributed by atoms with E-state index in [1.165, 1.54) is 24.4 Å². The Bertz CT molecular complexity index is 1220. The number of amides is 1. The fourth-order valence-electron chi connectivity index (χ4n) is 2.91. The summed E-state index contributed by atoms with van der Waals surface area (Å²) in [7, 11) is 0. The number of nitrogens with zero attached hydrogens (tertiary/aromatic N) is 2. The minimum Gasteiger partial charge on any atom is -0.345 e. The second-order valence-corrected chi connectivity index (χ2v) is 6.23. The maximum Gasteiger partial charge on any atom is 0.260 e. The van der Waals surface area contributed by atoms with Crippen molar-refractivity contribution in [3.05, 3.63) is 94.5 Å². The first kappa shape index (κ1) is 18.3. The van der Waals surface area contributed by atoms with Crippen LogP contribution < -0.4 is 10.9 Å². The third kappa shape index (κ3) is 3.96. The second kappa shape index (κ2) is 7.89. The fourth-order valence-corrected chi connectivity index (χ4v) is 2.91. The highest BCUT2D eigenvalue weighted by Gasteiger charge is 2.17. The van der Waals surface area contributed by atoms with E-state index in [0.717, 1.165) is 0 Å². The molecule has 144 valence electrons. The van der Waals surface area contributed by atoms with Gasteiger partial charge in [0.2, 0.25) is 0 Å². The number of rotatable bonds is 5. The van der Waals surface area contributed by atoms with Crippen LogP contribution in [-0.4, -0.2) is 25.8 Å². The average Bonchev–Trinajstić information content (AvgIpc) is 3.17. The summed E-state index contributed by atoms with van der Waals surface area (Å²) in [5.41, 5.74) is 1.88. The largest absolute Gasteiger partial charge is 0.345 e. The third-order valence-electron chi connectivity index (χ3n) is 4.25. The van der Waals surface area contributed by atoms with Gasteiger partial charge < -0.3 is 15.3 Å². The van der Waals surface area contributed by atoms with E-state index in [0.29, 0.717) is 28.5 Å². The number of aromatic nitrogens is 4. The SMILES string of the molecule is O=C(NCc1nc(-c2cccc(F)c2)c(-c2ccccn2)[nH]1)c1ccc[nH]c1=O. The van der Waals surface area contributed by atoms with Crippen molar-refractivity contribution in [2.45, 2.75) is 6.54 Å². The van der Waals surface area contributed by atoms with Crippen molar-refractivity contribution >= 4 is 5.91 Å². The molecule has 0 saturated carbocycles. The smallest absolute Gasteiger partial charge is 0.260 e. The van der Waals surface area contributed by atoms with Gasteiger partial charge in [0, 0.05) is 18.0 Å². The normalized spacial score (nSPS) is 10.7. The Morgan fingerprint density at radius 1 is 1.10 bits per heavy atom. The number of hydrogen-bond acceptors (Lipinski definition) is 4. The van der Waals surface area contributed by atoms with Crippen molar-refractivity contribution in [1.82, 2.24) is 25.3 Å². The molecule has 0 aliphatic rings. The van der Waals surface area contributed by atoms with Gasteiger partial charge >= 0.3 is 0 Å². The quantitative estimate of drug-likeness (QED) is 0.488. The van der Waals surface area contributed by atoms with Crippen LogP contribution in [0, 0.1) is 5.82 Å². The van der Waals surface area contributed by atoms with Gasteiger partial charge in [-0.3, -0.25) is 14.6 Å². The van der Waals surface area contributed by atoms with E-state index in [1.807, 2.05) is 12.1 Å². The molecule has 4 rings (SSSR count). The number of pyridine rings is 2. The van der Waals surface area contributed by atoms with Crippen LogP contribution in [0.4, 0.5) is 4.39 Å². The molecule has 4 aromatic rings. The van der Waals surface area contributed by atoms with E-state index in [2.05, 4.69) is 25.3 Å². The van der Waals surface area contributed by atoms with Gasteiger partial charge in [0.1, 0.15) is 17.2 Å². The summed E-state index contributed by atoms with van der Waals surface area (Å²) in [6.07, 6.45) is 3.10. The van der Waals surface area contributed by atoms with Gasteiger partial charge in [-0.1, -0.05) is 18.2 Å². The van der Waals surface area contributed by atoms with Crippen LogP contribution in [-0.2, 0) is 6.54 Å². The molecule has 0 unspecified atom stereocenters. The molecule has 3 aromatic heterocycles. The molecule has 0 aliphatic carbocycles. The van der Waals surface area contributed by atoms with Crippen LogP contribution >= 0.6 is 0 Å². The van der Waals surface area contributed by atoms with Crippen LogP contribution in [0.1, 0.15) is 16.2 Å². The summed E-state index contributed by atoms with van der Waals surface area (Å²) in [5.74, 6) is -0.448. The van der Waals surface area contributed by atoms with Gasteiger partial charge in [-0.25, -0.2) is 9.37 Å². The van der Waals surface area contributed by atoms with Crippen LogP contribution in [0.25, 0.3) is 22.6 Å². The van der Waals surface area contributed by atoms with Gasteiger partial charge in [0.05, 0.1) is 23.6 Å². The molecule has 3 N–H and O–H groups in total. The number of aromatic amines is 2. The number of imidazole rings is 1. The van der Waals surface area contributed by atoms with E-state index in [1.54, 1.807) is 30.5 Å². The molecular weight excluding hydrogens is 373 g/mol. The van der Waals surface area contributed by atoms with Crippen LogP contribution in [0.2, 0.25) is 0 Å². The third-order valence-corrected chi connectivity index (χ3v) is 4.25. The standard InChI is InChI=1S/C21H16FN5O2/c22-14-6-3-5-13(11-14)18-19(16-8-1-2-9-23-16)27-17(26-18)12-25-21(29)15-7-4-10-24-20(15)28/h1-11H,12H2,(H,24,28)(H,25,29)(H,26,27). The van der Waals surface area contributed by atoms with Crippen molar-refractivity contribution in [1.29, 1.82) is 0 Å². The van der Waals surface area contributed by atoms with Crippen LogP contribution in [0.3, 0.4) is 0 Å². The Morgan fingerprint density at radius 3 is 2.76 bits per heavy atom. The van der Waals surface area contributed by atoms with Gasteiger partial charge in [-0.05, 0) is 36.4 Å².